The van der Waals surface area contributed by atoms with Gasteiger partial charge in [0.15, 0.2) is 0 Å². The largest absolute Gasteiger partial charge is 0.396 e. The van der Waals surface area contributed by atoms with E-state index in [2.05, 4.69) is 33.7 Å². The third-order valence-electron chi connectivity index (χ3n) is 7.09. The zero-order valence-corrected chi connectivity index (χ0v) is 16.7. The molecule has 0 radical (unpaired) electrons. The van der Waals surface area contributed by atoms with Gasteiger partial charge in [0.1, 0.15) is 0 Å². The zero-order chi connectivity index (χ0) is 19.2. The Bertz CT molecular complexity index is 712. The number of amides is 1. The molecule has 0 unspecified atom stereocenters. The van der Waals surface area contributed by atoms with Gasteiger partial charge >= 0.3 is 0 Å². The Morgan fingerprint density at radius 2 is 2.04 bits per heavy atom. The predicted octanol–water partition coefficient (Wildman–Crippen LogP) is 1.30. The summed E-state index contributed by atoms with van der Waals surface area (Å²) in [6, 6.07) is 0.382. The average molecular weight is 374 g/mol. The van der Waals surface area contributed by atoms with E-state index in [0.29, 0.717) is 5.56 Å². The minimum Gasteiger partial charge on any atom is -0.396 e. The van der Waals surface area contributed by atoms with Crippen LogP contribution in [0, 0.1) is 12.3 Å². The number of rotatable bonds is 4. The number of aromatic nitrogens is 2. The van der Waals surface area contributed by atoms with Crippen LogP contribution in [0.25, 0.3) is 0 Å². The van der Waals surface area contributed by atoms with E-state index in [9.17, 15) is 9.90 Å². The number of anilines is 1. The van der Waals surface area contributed by atoms with E-state index in [-0.39, 0.29) is 30.0 Å². The lowest BCUT2D eigenvalue weighted by atomic mass is 9.72. The van der Waals surface area contributed by atoms with Crippen molar-refractivity contribution in [1.82, 2.24) is 19.8 Å². The molecule has 148 valence electrons. The fourth-order valence-corrected chi connectivity index (χ4v) is 5.22. The number of aliphatic hydroxyl groups excluding tert-OH is 1. The van der Waals surface area contributed by atoms with E-state index in [0.717, 1.165) is 63.5 Å². The van der Waals surface area contributed by atoms with Crippen LogP contribution in [0.4, 0.5) is 5.95 Å². The van der Waals surface area contributed by atoms with Gasteiger partial charge in [0.05, 0.1) is 17.9 Å². The molecule has 0 aliphatic carbocycles. The molecule has 1 amide bonds. The summed E-state index contributed by atoms with van der Waals surface area (Å²) < 4.78 is 0. The molecule has 3 aliphatic heterocycles. The summed E-state index contributed by atoms with van der Waals surface area (Å²) in [6.07, 6.45) is 5.56. The van der Waals surface area contributed by atoms with Gasteiger partial charge in [-0.1, -0.05) is 6.92 Å². The highest BCUT2D eigenvalue weighted by Crippen LogP contribution is 2.51. The summed E-state index contributed by atoms with van der Waals surface area (Å²) in [7, 11) is 2.12. The maximum atomic E-state index is 13.3. The summed E-state index contributed by atoms with van der Waals surface area (Å²) >= 11 is 0. The van der Waals surface area contributed by atoms with Gasteiger partial charge in [0.25, 0.3) is 5.91 Å². The normalized spacial score (nSPS) is 31.0. The van der Waals surface area contributed by atoms with E-state index >= 15 is 0 Å². The van der Waals surface area contributed by atoms with Gasteiger partial charge in [-0.2, -0.15) is 0 Å². The Kier molecular flexibility index (Phi) is 4.84. The number of hydrogen-bond acceptors (Lipinski definition) is 6. The van der Waals surface area contributed by atoms with Crippen molar-refractivity contribution in [3.63, 3.8) is 0 Å². The fourth-order valence-electron chi connectivity index (χ4n) is 5.22. The number of fused-ring (bicyclic) bond motifs is 2. The van der Waals surface area contributed by atoms with E-state index in [4.69, 9.17) is 0 Å². The minimum absolute atomic E-state index is 0.0358. The average Bonchev–Trinajstić information content (AvgIpc) is 3.24. The molecule has 2 bridgehead atoms. The molecule has 0 spiro atoms. The number of carbonyl (C=O) groups excluding carboxylic acids is 1. The molecule has 7 nitrogen and oxygen atoms in total. The molecular formula is C20H31N5O2. The van der Waals surface area contributed by atoms with Crippen molar-refractivity contribution < 1.29 is 9.90 Å². The first kappa shape index (κ1) is 18.6. The maximum absolute atomic E-state index is 13.3. The van der Waals surface area contributed by atoms with Crippen molar-refractivity contribution in [2.75, 3.05) is 44.7 Å². The van der Waals surface area contributed by atoms with Crippen molar-refractivity contribution in [3.05, 3.63) is 17.5 Å². The monoisotopic (exact) mass is 373 g/mol. The van der Waals surface area contributed by atoms with E-state index in [1.165, 1.54) is 0 Å². The second-order valence-electron chi connectivity index (χ2n) is 8.50. The van der Waals surface area contributed by atoms with Crippen LogP contribution in [-0.2, 0) is 0 Å². The molecule has 0 saturated carbocycles. The first-order valence-corrected chi connectivity index (χ1v) is 10.2. The lowest BCUT2D eigenvalue weighted by Crippen LogP contribution is -2.45. The highest BCUT2D eigenvalue weighted by atomic mass is 16.3. The zero-order valence-electron chi connectivity index (χ0n) is 16.7. The Balaban J connectivity index is 1.55. The highest BCUT2D eigenvalue weighted by Gasteiger charge is 2.56. The van der Waals surface area contributed by atoms with E-state index in [1.54, 1.807) is 6.20 Å². The van der Waals surface area contributed by atoms with Crippen LogP contribution in [0.15, 0.2) is 6.20 Å². The predicted molar refractivity (Wildman–Crippen MR) is 104 cm³/mol. The van der Waals surface area contributed by atoms with Gasteiger partial charge in [-0.3, -0.25) is 4.79 Å². The second-order valence-corrected chi connectivity index (χ2v) is 8.50. The highest BCUT2D eigenvalue weighted by molar-refractivity contribution is 5.96. The van der Waals surface area contributed by atoms with E-state index < -0.39 is 0 Å². The molecule has 3 fully saturated rings. The first-order chi connectivity index (χ1) is 13.0. The number of piperazine rings is 1. The van der Waals surface area contributed by atoms with Gasteiger partial charge in [0.2, 0.25) is 5.95 Å². The van der Waals surface area contributed by atoms with Crippen molar-refractivity contribution in [3.8, 4) is 0 Å². The summed E-state index contributed by atoms with van der Waals surface area (Å²) in [5.74, 6) is 0.758. The Hall–Kier alpha value is -1.73. The maximum Gasteiger partial charge on any atom is 0.257 e. The van der Waals surface area contributed by atoms with Gasteiger partial charge in [-0.25, -0.2) is 9.97 Å². The smallest absolute Gasteiger partial charge is 0.257 e. The molecular weight excluding hydrogens is 342 g/mol. The van der Waals surface area contributed by atoms with Crippen LogP contribution in [0.5, 0.6) is 0 Å². The summed E-state index contributed by atoms with van der Waals surface area (Å²) in [5.41, 5.74) is 1.23. The molecule has 27 heavy (non-hydrogen) atoms. The van der Waals surface area contributed by atoms with Gasteiger partial charge < -0.3 is 19.8 Å². The number of nitrogens with zero attached hydrogens (tertiary/aromatic N) is 5. The lowest BCUT2D eigenvalue weighted by Gasteiger charge is -2.35. The van der Waals surface area contributed by atoms with Crippen molar-refractivity contribution in [2.24, 2.45) is 5.41 Å². The molecule has 3 aliphatic rings. The van der Waals surface area contributed by atoms with Crippen molar-refractivity contribution >= 4 is 11.9 Å². The Morgan fingerprint density at radius 1 is 1.30 bits per heavy atom. The van der Waals surface area contributed by atoms with Gasteiger partial charge in [0, 0.05) is 49.9 Å². The van der Waals surface area contributed by atoms with Crippen molar-refractivity contribution in [1.29, 1.82) is 0 Å². The summed E-state index contributed by atoms with van der Waals surface area (Å²) in [4.78, 5) is 29.0. The number of aliphatic hydroxyl groups is 1. The molecule has 0 aromatic carbocycles. The molecule has 4 rings (SSSR count). The van der Waals surface area contributed by atoms with Crippen molar-refractivity contribution in [2.45, 2.75) is 51.6 Å². The standard InChI is InChI=1S/C20H31N5O2/c1-4-20(13-26)11-15-5-6-17(20)25(15)18(27)16-12-21-19(22-14(16)2)24-9-7-23(3)8-10-24/h12,15,17,26H,4-11,13H2,1-3H3/t15-,17+,20-/m1/s1. The number of hydrogen-bond donors (Lipinski definition) is 1. The first-order valence-electron chi connectivity index (χ1n) is 10.2. The van der Waals surface area contributed by atoms with Gasteiger partial charge in [-0.15, -0.1) is 0 Å². The molecule has 4 heterocycles. The third kappa shape index (κ3) is 3.01. The molecule has 1 aromatic rings. The summed E-state index contributed by atoms with van der Waals surface area (Å²) in [5, 5.41) is 9.99. The minimum atomic E-state index is -0.132. The van der Waals surface area contributed by atoms with Crippen LogP contribution in [0.1, 0.15) is 48.7 Å². The van der Waals surface area contributed by atoms with Gasteiger partial charge in [-0.05, 0) is 39.7 Å². The van der Waals surface area contributed by atoms with E-state index in [1.807, 2.05) is 11.8 Å². The Morgan fingerprint density at radius 3 is 2.63 bits per heavy atom. The molecule has 7 heteroatoms. The quantitative estimate of drug-likeness (QED) is 0.858. The second kappa shape index (κ2) is 7.02. The summed E-state index contributed by atoms with van der Waals surface area (Å²) in [6.45, 7) is 8.02. The van der Waals surface area contributed by atoms with Crippen LogP contribution in [0.2, 0.25) is 0 Å². The van der Waals surface area contributed by atoms with Crippen LogP contribution in [0.3, 0.4) is 0 Å². The lowest BCUT2D eigenvalue weighted by molar-refractivity contribution is 0.0556. The molecule has 1 aromatic heterocycles. The van der Waals surface area contributed by atoms with Crippen LogP contribution >= 0.6 is 0 Å². The number of aryl methyl sites for hydroxylation is 1. The number of carbonyl (C=O) groups is 1. The fraction of sp³-hybridized carbons (Fsp3) is 0.750. The third-order valence-corrected chi connectivity index (χ3v) is 7.09. The molecule has 3 atom stereocenters. The molecule has 3 saturated heterocycles. The SMILES string of the molecule is CC[C@]1(CO)C[C@H]2CC[C@@H]1N2C(=O)c1cnc(N2CCN(C)CC2)nc1C. The van der Waals surface area contributed by atoms with Crippen LogP contribution < -0.4 is 4.90 Å². The molecule has 1 N–H and O–H groups in total. The Labute approximate surface area is 161 Å². The number of likely N-dealkylation sites (N-methyl/N-ethyl adjacent to an activating group) is 1. The van der Waals surface area contributed by atoms with Crippen LogP contribution in [-0.4, -0.2) is 82.7 Å². The topological polar surface area (TPSA) is 72.8 Å².